The molecule has 0 bridgehead atoms. The Morgan fingerprint density at radius 3 is 2.93 bits per heavy atom. The van der Waals surface area contributed by atoms with Gasteiger partial charge in [0.1, 0.15) is 17.9 Å². The first-order valence-electron chi connectivity index (χ1n) is 8.99. The van der Waals surface area contributed by atoms with E-state index < -0.39 is 0 Å². The number of hydrogen-bond donors (Lipinski definition) is 1. The summed E-state index contributed by atoms with van der Waals surface area (Å²) >= 11 is 0. The third-order valence-electron chi connectivity index (χ3n) is 4.71. The largest absolute Gasteiger partial charge is 0.497 e. The average Bonchev–Trinajstić information content (AvgIpc) is 2.75. The van der Waals surface area contributed by atoms with Gasteiger partial charge in [0, 0.05) is 24.4 Å². The van der Waals surface area contributed by atoms with Gasteiger partial charge in [0.05, 0.1) is 24.5 Å². The lowest BCUT2D eigenvalue weighted by Crippen LogP contribution is -2.38. The van der Waals surface area contributed by atoms with E-state index in [0.717, 1.165) is 6.42 Å². The SMILES string of the molecule is COc1cccc(C(=O)NC2CCCn3c2nc(-c2ccncn2)cc3=O)c1. The van der Waals surface area contributed by atoms with E-state index in [9.17, 15) is 9.59 Å². The van der Waals surface area contributed by atoms with E-state index >= 15 is 0 Å². The van der Waals surface area contributed by atoms with Crippen LogP contribution in [0.4, 0.5) is 0 Å². The van der Waals surface area contributed by atoms with Gasteiger partial charge in [0.25, 0.3) is 11.5 Å². The van der Waals surface area contributed by atoms with Gasteiger partial charge in [0.15, 0.2) is 0 Å². The van der Waals surface area contributed by atoms with Gasteiger partial charge in [-0.3, -0.25) is 14.2 Å². The molecule has 142 valence electrons. The normalized spacial score (nSPS) is 15.5. The van der Waals surface area contributed by atoms with Crippen LogP contribution in [-0.4, -0.2) is 32.5 Å². The summed E-state index contributed by atoms with van der Waals surface area (Å²) in [5.41, 5.74) is 1.38. The zero-order valence-corrected chi connectivity index (χ0v) is 15.3. The molecule has 0 aliphatic carbocycles. The molecule has 28 heavy (non-hydrogen) atoms. The molecule has 0 radical (unpaired) electrons. The van der Waals surface area contributed by atoms with Crippen LogP contribution in [0.2, 0.25) is 0 Å². The molecule has 0 fully saturated rings. The van der Waals surface area contributed by atoms with Crippen molar-refractivity contribution in [1.29, 1.82) is 0 Å². The minimum absolute atomic E-state index is 0.154. The third kappa shape index (κ3) is 3.48. The summed E-state index contributed by atoms with van der Waals surface area (Å²) in [7, 11) is 1.55. The van der Waals surface area contributed by atoms with Gasteiger partial charge < -0.3 is 10.1 Å². The van der Waals surface area contributed by atoms with Crippen molar-refractivity contribution in [3.63, 3.8) is 0 Å². The summed E-state index contributed by atoms with van der Waals surface area (Å²) in [5.74, 6) is 0.916. The Bertz CT molecular complexity index is 1060. The van der Waals surface area contributed by atoms with Gasteiger partial charge in [-0.2, -0.15) is 0 Å². The maximum atomic E-state index is 12.7. The van der Waals surface area contributed by atoms with Crippen molar-refractivity contribution in [2.45, 2.75) is 25.4 Å². The quantitative estimate of drug-likeness (QED) is 0.746. The van der Waals surface area contributed by atoms with Crippen LogP contribution in [0.25, 0.3) is 11.4 Å². The molecule has 0 saturated heterocycles. The molecule has 1 aromatic carbocycles. The summed E-state index contributed by atoms with van der Waals surface area (Å²) in [5, 5.41) is 3.00. The van der Waals surface area contributed by atoms with Gasteiger partial charge in [0.2, 0.25) is 0 Å². The molecular weight excluding hydrogens is 358 g/mol. The number of methoxy groups -OCH3 is 1. The Balaban J connectivity index is 1.67. The zero-order valence-electron chi connectivity index (χ0n) is 15.3. The molecule has 3 aromatic rings. The van der Waals surface area contributed by atoms with Gasteiger partial charge in [-0.1, -0.05) is 6.07 Å². The molecule has 4 rings (SSSR count). The maximum Gasteiger partial charge on any atom is 0.254 e. The summed E-state index contributed by atoms with van der Waals surface area (Å²) in [6.07, 6.45) is 4.50. The van der Waals surface area contributed by atoms with Crippen LogP contribution in [-0.2, 0) is 6.54 Å². The smallest absolute Gasteiger partial charge is 0.254 e. The minimum atomic E-state index is -0.359. The first kappa shape index (κ1) is 17.8. The first-order chi connectivity index (χ1) is 13.7. The second-order valence-electron chi connectivity index (χ2n) is 6.48. The number of hydrogen-bond acceptors (Lipinski definition) is 6. The molecule has 1 aliphatic rings. The topological polar surface area (TPSA) is 99.0 Å². The van der Waals surface area contributed by atoms with E-state index in [2.05, 4.69) is 20.3 Å². The van der Waals surface area contributed by atoms with Crippen LogP contribution in [0.15, 0.2) is 53.7 Å². The number of carbonyl (C=O) groups excluding carboxylic acids is 1. The maximum absolute atomic E-state index is 12.7. The molecule has 1 unspecified atom stereocenters. The van der Waals surface area contributed by atoms with Crippen LogP contribution in [0.5, 0.6) is 5.75 Å². The molecule has 1 N–H and O–H groups in total. The Morgan fingerprint density at radius 2 is 2.14 bits per heavy atom. The third-order valence-corrected chi connectivity index (χ3v) is 4.71. The molecule has 0 saturated carbocycles. The van der Waals surface area contributed by atoms with E-state index in [0.29, 0.717) is 41.5 Å². The molecule has 8 nitrogen and oxygen atoms in total. The Kier molecular flexibility index (Phi) is 4.84. The Hall–Kier alpha value is -3.55. The van der Waals surface area contributed by atoms with Gasteiger partial charge >= 0.3 is 0 Å². The van der Waals surface area contributed by atoms with Crippen molar-refractivity contribution in [2.75, 3.05) is 7.11 Å². The summed E-state index contributed by atoms with van der Waals surface area (Å²) in [4.78, 5) is 38.0. The van der Waals surface area contributed by atoms with Crippen LogP contribution in [0, 0.1) is 0 Å². The first-order valence-corrected chi connectivity index (χ1v) is 8.99. The standard InChI is InChI=1S/C20H19N5O3/c1-28-14-5-2-4-13(10-14)20(27)24-16-6-3-9-25-18(26)11-17(23-19(16)25)15-7-8-21-12-22-15/h2,4-5,7-8,10-12,16H,3,6,9H2,1H3,(H,24,27). The highest BCUT2D eigenvalue weighted by molar-refractivity contribution is 5.94. The van der Waals surface area contributed by atoms with Crippen LogP contribution in [0.1, 0.15) is 35.1 Å². The molecular formula is C20H19N5O3. The highest BCUT2D eigenvalue weighted by Gasteiger charge is 2.26. The summed E-state index contributed by atoms with van der Waals surface area (Å²) in [6.45, 7) is 0.580. The molecule has 0 spiro atoms. The lowest BCUT2D eigenvalue weighted by molar-refractivity contribution is 0.0927. The number of rotatable bonds is 4. The number of fused-ring (bicyclic) bond motifs is 1. The minimum Gasteiger partial charge on any atom is -0.497 e. The number of nitrogens with zero attached hydrogens (tertiary/aromatic N) is 4. The van der Waals surface area contributed by atoms with E-state index in [1.54, 1.807) is 48.2 Å². The molecule has 3 heterocycles. The fourth-order valence-corrected chi connectivity index (χ4v) is 3.31. The fourth-order valence-electron chi connectivity index (χ4n) is 3.31. The number of aromatic nitrogens is 4. The van der Waals surface area contributed by atoms with Crippen LogP contribution >= 0.6 is 0 Å². The van der Waals surface area contributed by atoms with Crippen molar-refractivity contribution >= 4 is 5.91 Å². The van der Waals surface area contributed by atoms with Gasteiger partial charge in [-0.25, -0.2) is 15.0 Å². The second-order valence-corrected chi connectivity index (χ2v) is 6.48. The lowest BCUT2D eigenvalue weighted by atomic mass is 10.0. The zero-order chi connectivity index (χ0) is 19.5. The predicted molar refractivity (Wildman–Crippen MR) is 102 cm³/mol. The second kappa shape index (κ2) is 7.59. The average molecular weight is 377 g/mol. The molecule has 8 heteroatoms. The fraction of sp³-hybridized carbons (Fsp3) is 0.250. The van der Waals surface area contributed by atoms with Gasteiger partial charge in [-0.15, -0.1) is 0 Å². The van der Waals surface area contributed by atoms with Gasteiger partial charge in [-0.05, 0) is 37.1 Å². The summed E-state index contributed by atoms with van der Waals surface area (Å²) < 4.78 is 6.80. The number of nitrogens with one attached hydrogen (secondary N) is 1. The molecule has 1 atom stereocenters. The molecule has 1 amide bonds. The van der Waals surface area contributed by atoms with Crippen molar-refractivity contribution in [2.24, 2.45) is 0 Å². The van der Waals surface area contributed by atoms with Crippen LogP contribution < -0.4 is 15.6 Å². The summed E-state index contributed by atoms with van der Waals surface area (Å²) in [6, 6.07) is 9.75. The highest BCUT2D eigenvalue weighted by Crippen LogP contribution is 2.24. The van der Waals surface area contributed by atoms with Crippen molar-refractivity contribution < 1.29 is 9.53 Å². The number of benzene rings is 1. The van der Waals surface area contributed by atoms with E-state index in [4.69, 9.17) is 4.74 Å². The Labute approximate surface area is 161 Å². The molecule has 1 aliphatic heterocycles. The van der Waals surface area contributed by atoms with Crippen LogP contribution in [0.3, 0.4) is 0 Å². The highest BCUT2D eigenvalue weighted by atomic mass is 16.5. The number of ether oxygens (including phenoxy) is 1. The Morgan fingerprint density at radius 1 is 1.25 bits per heavy atom. The van der Waals surface area contributed by atoms with Crippen molar-refractivity contribution in [3.05, 3.63) is 70.7 Å². The van der Waals surface area contributed by atoms with Crippen molar-refractivity contribution in [1.82, 2.24) is 24.8 Å². The van der Waals surface area contributed by atoms with Crippen molar-refractivity contribution in [3.8, 4) is 17.1 Å². The lowest BCUT2D eigenvalue weighted by Gasteiger charge is -2.27. The van der Waals surface area contributed by atoms with E-state index in [-0.39, 0.29) is 17.5 Å². The number of amides is 1. The predicted octanol–water partition coefficient (Wildman–Crippen LogP) is 1.97. The molecule has 2 aromatic heterocycles. The van der Waals surface area contributed by atoms with E-state index in [1.807, 2.05) is 0 Å². The monoisotopic (exact) mass is 377 g/mol. The van der Waals surface area contributed by atoms with E-state index in [1.165, 1.54) is 12.4 Å². The number of carbonyl (C=O) groups is 1.